The van der Waals surface area contributed by atoms with Crippen molar-refractivity contribution in [2.75, 3.05) is 0 Å². The Morgan fingerprint density at radius 3 is 2.42 bits per heavy atom. The van der Waals surface area contributed by atoms with Gasteiger partial charge in [-0.25, -0.2) is 0 Å². The van der Waals surface area contributed by atoms with Gasteiger partial charge in [-0.15, -0.1) is 0 Å². The number of hydrogen-bond donors (Lipinski definition) is 0. The van der Waals surface area contributed by atoms with Gasteiger partial charge in [0, 0.05) is 0 Å². The average Bonchev–Trinajstić information content (AvgIpc) is 2.00. The molecular weight excluding hydrogens is 144 g/mol. The average molecular weight is 162 g/mol. The zero-order valence-corrected chi connectivity index (χ0v) is 8.30. The molecule has 0 nitrogen and oxygen atoms in total. The highest BCUT2D eigenvalue weighted by molar-refractivity contribution is 5.35. The second-order valence-electron chi connectivity index (χ2n) is 2.80. The van der Waals surface area contributed by atoms with E-state index in [1.807, 2.05) is 19.9 Å². The molecule has 0 unspecified atom stereocenters. The summed E-state index contributed by atoms with van der Waals surface area (Å²) < 4.78 is 0. The van der Waals surface area contributed by atoms with E-state index in [1.165, 1.54) is 5.57 Å². The van der Waals surface area contributed by atoms with Crippen molar-refractivity contribution in [3.63, 3.8) is 0 Å². The van der Waals surface area contributed by atoms with E-state index in [1.54, 1.807) is 0 Å². The summed E-state index contributed by atoms with van der Waals surface area (Å²) in [5.74, 6) is 0. The molecule has 0 amide bonds. The fraction of sp³-hybridized carbons (Fsp3) is 0.333. The first-order valence-electron chi connectivity index (χ1n) is 4.37. The molecule has 0 saturated heterocycles. The molecule has 0 aliphatic rings. The summed E-state index contributed by atoms with van der Waals surface area (Å²) in [5, 5.41) is 0. The standard InChI is InChI=1S/C12H18/c1-5-7-9-12(8-6-2)10-11(3)4/h6-10H,3,5H2,1-2,4H3. The zero-order chi connectivity index (χ0) is 9.40. The molecule has 0 spiro atoms. The normalized spacial score (nSPS) is 13.1. The van der Waals surface area contributed by atoms with Crippen LogP contribution in [-0.2, 0) is 0 Å². The third-order valence-corrected chi connectivity index (χ3v) is 1.32. The number of hydrogen-bond acceptors (Lipinski definition) is 0. The quantitative estimate of drug-likeness (QED) is 0.547. The van der Waals surface area contributed by atoms with Crippen LogP contribution in [0.4, 0.5) is 0 Å². The molecule has 66 valence electrons. The molecule has 0 saturated carbocycles. The van der Waals surface area contributed by atoms with Crippen molar-refractivity contribution in [3.8, 4) is 0 Å². The molecule has 0 aromatic carbocycles. The summed E-state index contributed by atoms with van der Waals surface area (Å²) in [5.41, 5.74) is 2.30. The molecule has 0 radical (unpaired) electrons. The van der Waals surface area contributed by atoms with Crippen molar-refractivity contribution in [2.24, 2.45) is 0 Å². The fourth-order valence-corrected chi connectivity index (χ4v) is 0.883. The van der Waals surface area contributed by atoms with Crippen molar-refractivity contribution in [2.45, 2.75) is 27.2 Å². The van der Waals surface area contributed by atoms with E-state index >= 15 is 0 Å². The lowest BCUT2D eigenvalue weighted by Gasteiger charge is -1.93. The molecule has 0 bridgehead atoms. The van der Waals surface area contributed by atoms with Crippen LogP contribution < -0.4 is 0 Å². The van der Waals surface area contributed by atoms with Gasteiger partial charge in [0.05, 0.1) is 0 Å². The maximum atomic E-state index is 3.84. The van der Waals surface area contributed by atoms with Crippen LogP contribution in [-0.4, -0.2) is 0 Å². The Balaban J connectivity index is 4.43. The molecular formula is C12H18. The Labute approximate surface area is 76.0 Å². The van der Waals surface area contributed by atoms with E-state index in [2.05, 4.69) is 37.8 Å². The van der Waals surface area contributed by atoms with Crippen molar-refractivity contribution >= 4 is 0 Å². The highest BCUT2D eigenvalue weighted by atomic mass is 13.9. The lowest BCUT2D eigenvalue weighted by atomic mass is 10.1. The summed E-state index contributed by atoms with van der Waals surface area (Å²) in [4.78, 5) is 0. The van der Waals surface area contributed by atoms with Gasteiger partial charge in [0.25, 0.3) is 0 Å². The first-order valence-corrected chi connectivity index (χ1v) is 4.37. The zero-order valence-electron chi connectivity index (χ0n) is 8.30. The van der Waals surface area contributed by atoms with Crippen LogP contribution in [0.5, 0.6) is 0 Å². The molecule has 0 aliphatic heterocycles. The minimum absolute atomic E-state index is 1.07. The molecule has 0 heteroatoms. The second-order valence-corrected chi connectivity index (χ2v) is 2.80. The Hall–Kier alpha value is -1.04. The summed E-state index contributed by atoms with van der Waals surface area (Å²) >= 11 is 0. The maximum Gasteiger partial charge on any atom is -0.0261 e. The summed E-state index contributed by atoms with van der Waals surface area (Å²) in [6.07, 6.45) is 11.5. The van der Waals surface area contributed by atoms with Crippen LogP contribution in [0.3, 0.4) is 0 Å². The smallest absolute Gasteiger partial charge is 0.0261 e. The van der Waals surface area contributed by atoms with E-state index < -0.39 is 0 Å². The van der Waals surface area contributed by atoms with Gasteiger partial charge < -0.3 is 0 Å². The lowest BCUT2D eigenvalue weighted by molar-refractivity contribution is 1.22. The topological polar surface area (TPSA) is 0 Å². The predicted octanol–water partition coefficient (Wildman–Crippen LogP) is 4.03. The second kappa shape index (κ2) is 6.66. The Morgan fingerprint density at radius 1 is 1.33 bits per heavy atom. The van der Waals surface area contributed by atoms with E-state index in [0.717, 1.165) is 12.0 Å². The van der Waals surface area contributed by atoms with Crippen molar-refractivity contribution < 1.29 is 0 Å². The highest BCUT2D eigenvalue weighted by Crippen LogP contribution is 2.04. The van der Waals surface area contributed by atoms with E-state index in [-0.39, 0.29) is 0 Å². The van der Waals surface area contributed by atoms with Gasteiger partial charge in [-0.05, 0) is 25.8 Å². The molecule has 0 atom stereocenters. The largest absolute Gasteiger partial charge is 0.0961 e. The minimum atomic E-state index is 1.07. The van der Waals surface area contributed by atoms with Crippen LogP contribution in [0.1, 0.15) is 27.2 Å². The molecule has 0 rings (SSSR count). The molecule has 12 heavy (non-hydrogen) atoms. The van der Waals surface area contributed by atoms with Gasteiger partial charge in [-0.1, -0.05) is 49.5 Å². The van der Waals surface area contributed by atoms with Crippen LogP contribution in [0.2, 0.25) is 0 Å². The molecule has 0 aromatic rings. The highest BCUT2D eigenvalue weighted by Gasteiger charge is 1.84. The molecule has 0 aliphatic carbocycles. The van der Waals surface area contributed by atoms with Gasteiger partial charge >= 0.3 is 0 Å². The van der Waals surface area contributed by atoms with Crippen LogP contribution in [0.25, 0.3) is 0 Å². The Morgan fingerprint density at radius 2 is 2.00 bits per heavy atom. The summed E-state index contributed by atoms with van der Waals surface area (Å²) in [7, 11) is 0. The van der Waals surface area contributed by atoms with Gasteiger partial charge in [0.15, 0.2) is 0 Å². The first kappa shape index (κ1) is 11.0. The maximum absolute atomic E-state index is 3.84. The van der Waals surface area contributed by atoms with Crippen LogP contribution in [0, 0.1) is 0 Å². The summed E-state index contributed by atoms with van der Waals surface area (Å²) in [6, 6.07) is 0. The van der Waals surface area contributed by atoms with Crippen molar-refractivity contribution in [1.82, 2.24) is 0 Å². The van der Waals surface area contributed by atoms with Gasteiger partial charge in [-0.3, -0.25) is 0 Å². The first-order chi connectivity index (χ1) is 5.70. The van der Waals surface area contributed by atoms with Gasteiger partial charge in [0.1, 0.15) is 0 Å². The molecule has 0 aromatic heterocycles. The summed E-state index contributed by atoms with van der Waals surface area (Å²) in [6.45, 7) is 9.99. The van der Waals surface area contributed by atoms with Crippen molar-refractivity contribution in [3.05, 3.63) is 48.1 Å². The van der Waals surface area contributed by atoms with Crippen LogP contribution in [0.15, 0.2) is 48.1 Å². The van der Waals surface area contributed by atoms with E-state index in [0.29, 0.717) is 0 Å². The SMILES string of the molecule is C=C(C)C=C(C=CC)C=CCC. The molecule has 0 fully saturated rings. The number of rotatable bonds is 4. The van der Waals surface area contributed by atoms with Gasteiger partial charge in [0.2, 0.25) is 0 Å². The minimum Gasteiger partial charge on any atom is -0.0961 e. The van der Waals surface area contributed by atoms with E-state index in [9.17, 15) is 0 Å². The van der Waals surface area contributed by atoms with Gasteiger partial charge in [-0.2, -0.15) is 0 Å². The molecule has 0 N–H and O–H groups in total. The monoisotopic (exact) mass is 162 g/mol. The van der Waals surface area contributed by atoms with Crippen molar-refractivity contribution in [1.29, 1.82) is 0 Å². The lowest BCUT2D eigenvalue weighted by Crippen LogP contribution is -1.72. The Bertz CT molecular complexity index is 214. The third-order valence-electron chi connectivity index (χ3n) is 1.32. The number of allylic oxidation sites excluding steroid dienone is 7. The predicted molar refractivity (Wildman–Crippen MR) is 57.1 cm³/mol. The van der Waals surface area contributed by atoms with E-state index in [4.69, 9.17) is 0 Å². The Kier molecular flexibility index (Phi) is 6.08. The molecule has 0 heterocycles. The van der Waals surface area contributed by atoms with Crippen LogP contribution >= 0.6 is 0 Å². The fourth-order valence-electron chi connectivity index (χ4n) is 0.883. The third kappa shape index (κ3) is 5.72.